The van der Waals surface area contributed by atoms with Gasteiger partial charge in [0.15, 0.2) is 0 Å². The van der Waals surface area contributed by atoms with Crippen LogP contribution in [0.4, 0.5) is 14.9 Å². The van der Waals surface area contributed by atoms with Gasteiger partial charge in [-0.3, -0.25) is 5.32 Å². The summed E-state index contributed by atoms with van der Waals surface area (Å²) in [5.74, 6) is 0.265. The highest BCUT2D eigenvalue weighted by molar-refractivity contribution is 5.84. The van der Waals surface area contributed by atoms with Crippen molar-refractivity contribution in [1.82, 2.24) is 5.32 Å². The average Bonchev–Trinajstić information content (AvgIpc) is 2.29. The molecule has 4 nitrogen and oxygen atoms in total. The SMILES string of the molecule is CNCC1CC(OC(=O)Nc2ccc(F)cc2)C1. The van der Waals surface area contributed by atoms with E-state index in [2.05, 4.69) is 10.6 Å². The van der Waals surface area contributed by atoms with Gasteiger partial charge in [0.25, 0.3) is 0 Å². The molecule has 0 saturated heterocycles. The van der Waals surface area contributed by atoms with Gasteiger partial charge >= 0.3 is 6.09 Å². The molecule has 1 fully saturated rings. The topological polar surface area (TPSA) is 50.4 Å². The van der Waals surface area contributed by atoms with Crippen molar-refractivity contribution in [2.24, 2.45) is 5.92 Å². The first kappa shape index (κ1) is 12.8. The van der Waals surface area contributed by atoms with Gasteiger partial charge in [-0.05, 0) is 56.6 Å². The lowest BCUT2D eigenvalue weighted by Crippen LogP contribution is -2.38. The summed E-state index contributed by atoms with van der Waals surface area (Å²) >= 11 is 0. The first-order chi connectivity index (χ1) is 8.67. The van der Waals surface area contributed by atoms with Crippen LogP contribution in [0.3, 0.4) is 0 Å². The zero-order valence-electron chi connectivity index (χ0n) is 10.3. The number of rotatable bonds is 4. The highest BCUT2D eigenvalue weighted by atomic mass is 19.1. The maximum absolute atomic E-state index is 12.7. The van der Waals surface area contributed by atoms with Crippen molar-refractivity contribution in [3.05, 3.63) is 30.1 Å². The fraction of sp³-hybridized carbons (Fsp3) is 0.462. The predicted octanol–water partition coefficient (Wildman–Crippen LogP) is 2.37. The van der Waals surface area contributed by atoms with Crippen molar-refractivity contribution in [1.29, 1.82) is 0 Å². The van der Waals surface area contributed by atoms with E-state index in [4.69, 9.17) is 4.74 Å². The first-order valence-corrected chi connectivity index (χ1v) is 6.05. The smallest absolute Gasteiger partial charge is 0.411 e. The van der Waals surface area contributed by atoms with Crippen LogP contribution in [0.1, 0.15) is 12.8 Å². The Balaban J connectivity index is 1.72. The Bertz CT molecular complexity index is 402. The summed E-state index contributed by atoms with van der Waals surface area (Å²) in [6.45, 7) is 0.958. The zero-order chi connectivity index (χ0) is 13.0. The molecule has 2 N–H and O–H groups in total. The van der Waals surface area contributed by atoms with E-state index >= 15 is 0 Å². The Kier molecular flexibility index (Phi) is 4.15. The van der Waals surface area contributed by atoms with E-state index < -0.39 is 6.09 Å². The lowest BCUT2D eigenvalue weighted by molar-refractivity contribution is 0.0257. The van der Waals surface area contributed by atoms with Crippen LogP contribution in [0, 0.1) is 11.7 Å². The van der Waals surface area contributed by atoms with Crippen molar-refractivity contribution in [2.45, 2.75) is 18.9 Å². The van der Waals surface area contributed by atoms with Gasteiger partial charge in [-0.15, -0.1) is 0 Å². The molecule has 0 atom stereocenters. The molecule has 0 unspecified atom stereocenters. The largest absolute Gasteiger partial charge is 0.446 e. The zero-order valence-corrected chi connectivity index (χ0v) is 10.3. The standard InChI is InChI=1S/C13H17FN2O2/c1-15-8-9-6-12(7-9)18-13(17)16-11-4-2-10(14)3-5-11/h2-5,9,12,15H,6-8H2,1H3,(H,16,17). The fourth-order valence-corrected chi connectivity index (χ4v) is 2.06. The Labute approximate surface area is 106 Å². The Morgan fingerprint density at radius 1 is 1.39 bits per heavy atom. The maximum atomic E-state index is 12.7. The second-order valence-corrected chi connectivity index (χ2v) is 4.55. The van der Waals surface area contributed by atoms with Crippen LogP contribution >= 0.6 is 0 Å². The third-order valence-corrected chi connectivity index (χ3v) is 3.05. The summed E-state index contributed by atoms with van der Waals surface area (Å²) in [6.07, 6.45) is 1.33. The predicted molar refractivity (Wildman–Crippen MR) is 66.9 cm³/mol. The lowest BCUT2D eigenvalue weighted by atomic mass is 9.82. The van der Waals surface area contributed by atoms with Crippen LogP contribution in [0.25, 0.3) is 0 Å². The second-order valence-electron chi connectivity index (χ2n) is 4.55. The third-order valence-electron chi connectivity index (χ3n) is 3.05. The van der Waals surface area contributed by atoms with Crippen LogP contribution in [-0.2, 0) is 4.74 Å². The van der Waals surface area contributed by atoms with Gasteiger partial charge in [0, 0.05) is 5.69 Å². The fourth-order valence-electron chi connectivity index (χ4n) is 2.06. The van der Waals surface area contributed by atoms with Crippen LogP contribution in [-0.4, -0.2) is 25.8 Å². The van der Waals surface area contributed by atoms with Gasteiger partial charge in [-0.25, -0.2) is 9.18 Å². The minimum absolute atomic E-state index is 0.00352. The van der Waals surface area contributed by atoms with Crippen molar-refractivity contribution in [2.75, 3.05) is 18.9 Å². The molecule has 0 heterocycles. The van der Waals surface area contributed by atoms with Gasteiger partial charge in [0.1, 0.15) is 11.9 Å². The molecule has 1 saturated carbocycles. The van der Waals surface area contributed by atoms with Gasteiger partial charge in [0.05, 0.1) is 0 Å². The van der Waals surface area contributed by atoms with Crippen molar-refractivity contribution in [3.8, 4) is 0 Å². The number of nitrogens with one attached hydrogen (secondary N) is 2. The molecule has 0 bridgehead atoms. The highest BCUT2D eigenvalue weighted by Crippen LogP contribution is 2.29. The molecule has 2 rings (SSSR count). The molecule has 0 aliphatic heterocycles. The lowest BCUT2D eigenvalue weighted by Gasteiger charge is -2.34. The minimum Gasteiger partial charge on any atom is -0.446 e. The van der Waals surface area contributed by atoms with Crippen LogP contribution in [0.5, 0.6) is 0 Å². The Morgan fingerprint density at radius 2 is 2.06 bits per heavy atom. The van der Waals surface area contributed by atoms with E-state index in [1.54, 1.807) is 0 Å². The molecule has 0 spiro atoms. The molecule has 1 aromatic carbocycles. The minimum atomic E-state index is -0.477. The van der Waals surface area contributed by atoms with Crippen LogP contribution < -0.4 is 10.6 Å². The molecular weight excluding hydrogens is 235 g/mol. The van der Waals surface area contributed by atoms with Crippen LogP contribution in [0.2, 0.25) is 0 Å². The normalized spacial score (nSPS) is 22.1. The third kappa shape index (κ3) is 3.43. The Hall–Kier alpha value is -1.62. The van der Waals surface area contributed by atoms with E-state index in [9.17, 15) is 9.18 Å². The molecule has 0 radical (unpaired) electrons. The van der Waals surface area contributed by atoms with Crippen molar-refractivity contribution in [3.63, 3.8) is 0 Å². The van der Waals surface area contributed by atoms with Gasteiger partial charge < -0.3 is 10.1 Å². The number of amides is 1. The number of benzene rings is 1. The summed E-state index contributed by atoms with van der Waals surface area (Å²) in [7, 11) is 1.91. The van der Waals surface area contributed by atoms with E-state index in [0.717, 1.165) is 19.4 Å². The summed E-state index contributed by atoms with van der Waals surface area (Å²) in [5.41, 5.74) is 0.535. The number of hydrogen-bond acceptors (Lipinski definition) is 3. The summed E-state index contributed by atoms with van der Waals surface area (Å²) < 4.78 is 17.9. The number of ether oxygens (including phenoxy) is 1. The number of halogens is 1. The second kappa shape index (κ2) is 5.82. The Morgan fingerprint density at radius 3 is 2.67 bits per heavy atom. The molecule has 98 valence electrons. The average molecular weight is 252 g/mol. The summed E-state index contributed by atoms with van der Waals surface area (Å²) in [5, 5.41) is 5.67. The van der Waals surface area contributed by atoms with Gasteiger partial charge in [0.2, 0.25) is 0 Å². The van der Waals surface area contributed by atoms with Crippen molar-refractivity contribution >= 4 is 11.8 Å². The van der Waals surface area contributed by atoms with E-state index in [1.165, 1.54) is 24.3 Å². The number of anilines is 1. The summed E-state index contributed by atoms with van der Waals surface area (Å²) in [6, 6.07) is 5.59. The van der Waals surface area contributed by atoms with E-state index in [-0.39, 0.29) is 11.9 Å². The van der Waals surface area contributed by atoms with E-state index in [0.29, 0.717) is 11.6 Å². The van der Waals surface area contributed by atoms with Gasteiger partial charge in [-0.1, -0.05) is 0 Å². The summed E-state index contributed by atoms with van der Waals surface area (Å²) in [4.78, 5) is 11.5. The van der Waals surface area contributed by atoms with E-state index in [1.807, 2.05) is 7.05 Å². The molecule has 1 aromatic rings. The number of hydrogen-bond donors (Lipinski definition) is 2. The van der Waals surface area contributed by atoms with Crippen molar-refractivity contribution < 1.29 is 13.9 Å². The maximum Gasteiger partial charge on any atom is 0.411 e. The molecule has 0 aromatic heterocycles. The molecule has 1 aliphatic rings. The number of carbonyl (C=O) groups excluding carboxylic acids is 1. The van der Waals surface area contributed by atoms with Gasteiger partial charge in [-0.2, -0.15) is 0 Å². The molecule has 5 heteroatoms. The quantitative estimate of drug-likeness (QED) is 0.865. The monoisotopic (exact) mass is 252 g/mol. The number of carbonyl (C=O) groups is 1. The van der Waals surface area contributed by atoms with Crippen LogP contribution in [0.15, 0.2) is 24.3 Å². The molecular formula is C13H17FN2O2. The highest BCUT2D eigenvalue weighted by Gasteiger charge is 2.31. The molecule has 1 aliphatic carbocycles. The first-order valence-electron chi connectivity index (χ1n) is 6.05. The molecule has 18 heavy (non-hydrogen) atoms. The molecule has 1 amide bonds.